The molecule has 0 aromatic rings. The van der Waals surface area contributed by atoms with Crippen molar-refractivity contribution in [3.8, 4) is 0 Å². The van der Waals surface area contributed by atoms with Gasteiger partial charge in [-0.25, -0.2) is 4.79 Å². The monoisotopic (exact) mass is 249 g/mol. The van der Waals surface area contributed by atoms with Gasteiger partial charge in [-0.2, -0.15) is 12.6 Å². The molecular formula is C10H19NO4S. The van der Waals surface area contributed by atoms with Crippen molar-refractivity contribution in [1.29, 1.82) is 0 Å². The second kappa shape index (κ2) is 10.5. The molecule has 0 rings (SSSR count). The largest absolute Gasteiger partial charge is 0.334 e. The summed E-state index contributed by atoms with van der Waals surface area (Å²) >= 11 is 3.82. The van der Waals surface area contributed by atoms with E-state index in [9.17, 15) is 14.4 Å². The van der Waals surface area contributed by atoms with Gasteiger partial charge in [-0.1, -0.05) is 20.8 Å². The van der Waals surface area contributed by atoms with Crippen LogP contribution in [-0.2, 0) is 19.2 Å². The summed E-state index contributed by atoms with van der Waals surface area (Å²) in [6.45, 7) is 6.73. The van der Waals surface area contributed by atoms with Crippen molar-refractivity contribution in [2.75, 3.05) is 5.75 Å². The summed E-state index contributed by atoms with van der Waals surface area (Å²) in [7, 11) is 0. The van der Waals surface area contributed by atoms with E-state index in [0.29, 0.717) is 10.8 Å². The summed E-state index contributed by atoms with van der Waals surface area (Å²) in [6, 6.07) is 0. The lowest BCUT2D eigenvalue weighted by Crippen LogP contribution is -2.36. The number of imide groups is 1. The highest BCUT2D eigenvalue weighted by Gasteiger charge is 2.20. The molecule has 5 nitrogen and oxygen atoms in total. The maximum atomic E-state index is 11.1. The van der Waals surface area contributed by atoms with Crippen LogP contribution < -0.4 is 0 Å². The van der Waals surface area contributed by atoms with Gasteiger partial charge < -0.3 is 4.84 Å². The van der Waals surface area contributed by atoms with Gasteiger partial charge in [0.1, 0.15) is 0 Å². The Morgan fingerprint density at radius 1 is 1.25 bits per heavy atom. The fraction of sp³-hybridized carbons (Fsp3) is 0.700. The van der Waals surface area contributed by atoms with Crippen molar-refractivity contribution in [1.82, 2.24) is 5.06 Å². The molecule has 0 heterocycles. The standard InChI is InChI=1S/C8H13NO4S.C2H6/c1-3-7(11)9(6(2)10)13-8(12)4-5-14;1-2/h14H,3-5H2,1-2H3;1-2H3. The number of rotatable bonds is 3. The van der Waals surface area contributed by atoms with Crippen molar-refractivity contribution in [2.45, 2.75) is 40.5 Å². The summed E-state index contributed by atoms with van der Waals surface area (Å²) in [5, 5.41) is 0.478. The second-order valence-electron chi connectivity index (χ2n) is 2.50. The van der Waals surface area contributed by atoms with Gasteiger partial charge >= 0.3 is 5.97 Å². The molecule has 0 spiro atoms. The third-order valence-electron chi connectivity index (χ3n) is 1.32. The zero-order valence-corrected chi connectivity index (χ0v) is 11.0. The van der Waals surface area contributed by atoms with Gasteiger partial charge in [-0.05, 0) is 0 Å². The molecule has 2 amide bonds. The average molecular weight is 249 g/mol. The van der Waals surface area contributed by atoms with Crippen LogP contribution in [0.3, 0.4) is 0 Å². The fourth-order valence-corrected chi connectivity index (χ4v) is 0.856. The van der Waals surface area contributed by atoms with Crippen LogP contribution >= 0.6 is 12.6 Å². The maximum Gasteiger partial charge on any atom is 0.334 e. The molecule has 0 bridgehead atoms. The zero-order valence-electron chi connectivity index (χ0n) is 10.1. The molecule has 6 heteroatoms. The van der Waals surface area contributed by atoms with Crippen molar-refractivity contribution < 1.29 is 19.2 Å². The Bertz CT molecular complexity index is 243. The lowest BCUT2D eigenvalue weighted by molar-refractivity contribution is -0.201. The van der Waals surface area contributed by atoms with Gasteiger partial charge in [-0.3, -0.25) is 9.59 Å². The third kappa shape index (κ3) is 7.28. The smallest absolute Gasteiger partial charge is 0.330 e. The molecule has 0 aliphatic carbocycles. The number of carbonyl (C=O) groups excluding carboxylic acids is 3. The lowest BCUT2D eigenvalue weighted by Gasteiger charge is -2.16. The summed E-state index contributed by atoms with van der Waals surface area (Å²) in [5.74, 6) is -1.48. The first kappa shape index (κ1) is 17.4. The fourth-order valence-electron chi connectivity index (χ4n) is 0.673. The van der Waals surface area contributed by atoms with Crippen molar-refractivity contribution in [3.05, 3.63) is 0 Å². The molecule has 0 N–H and O–H groups in total. The third-order valence-corrected chi connectivity index (χ3v) is 1.55. The average Bonchev–Trinajstić information content (AvgIpc) is 2.27. The number of hydrogen-bond donors (Lipinski definition) is 1. The molecule has 0 aliphatic heterocycles. The number of amides is 2. The van der Waals surface area contributed by atoms with E-state index in [-0.39, 0.29) is 12.8 Å². The minimum Gasteiger partial charge on any atom is -0.330 e. The van der Waals surface area contributed by atoms with Crippen LogP contribution in [0.25, 0.3) is 0 Å². The van der Waals surface area contributed by atoms with E-state index in [1.807, 2.05) is 13.8 Å². The first-order valence-corrected chi connectivity index (χ1v) is 5.81. The molecule has 0 aromatic heterocycles. The van der Waals surface area contributed by atoms with Crippen LogP contribution in [-0.4, -0.2) is 28.6 Å². The highest BCUT2D eigenvalue weighted by molar-refractivity contribution is 7.80. The van der Waals surface area contributed by atoms with Crippen molar-refractivity contribution in [2.24, 2.45) is 0 Å². The van der Waals surface area contributed by atoms with Gasteiger partial charge in [0.05, 0.1) is 6.42 Å². The van der Waals surface area contributed by atoms with Crippen LogP contribution in [0.4, 0.5) is 0 Å². The number of thiol groups is 1. The Balaban J connectivity index is 0. The van der Waals surface area contributed by atoms with Gasteiger partial charge in [-0.15, -0.1) is 5.06 Å². The first-order chi connectivity index (χ1) is 7.52. The SMILES string of the molecule is CC.CCC(=O)N(OC(=O)CCS)C(C)=O. The Labute approximate surface area is 101 Å². The van der Waals surface area contributed by atoms with E-state index < -0.39 is 17.8 Å². The highest BCUT2D eigenvalue weighted by atomic mass is 32.1. The Morgan fingerprint density at radius 3 is 2.06 bits per heavy atom. The van der Waals surface area contributed by atoms with E-state index in [2.05, 4.69) is 17.5 Å². The Morgan fingerprint density at radius 2 is 1.75 bits per heavy atom. The molecule has 0 unspecified atom stereocenters. The lowest BCUT2D eigenvalue weighted by atomic mass is 10.4. The molecule has 94 valence electrons. The van der Waals surface area contributed by atoms with Crippen LogP contribution in [0.1, 0.15) is 40.5 Å². The van der Waals surface area contributed by atoms with Crippen LogP contribution in [0.15, 0.2) is 0 Å². The number of nitrogens with zero attached hydrogens (tertiary/aromatic N) is 1. The van der Waals surface area contributed by atoms with Crippen molar-refractivity contribution >= 4 is 30.4 Å². The zero-order chi connectivity index (χ0) is 13.1. The molecule has 0 atom stereocenters. The van der Waals surface area contributed by atoms with Crippen LogP contribution in [0, 0.1) is 0 Å². The quantitative estimate of drug-likeness (QED) is 0.609. The summed E-state index contributed by atoms with van der Waals surface area (Å²) in [4.78, 5) is 37.5. The molecule has 0 aromatic carbocycles. The molecule has 0 fully saturated rings. The minimum atomic E-state index is -0.642. The Hall–Kier alpha value is -1.04. The molecule has 0 saturated heterocycles. The van der Waals surface area contributed by atoms with Gasteiger partial charge in [0.15, 0.2) is 0 Å². The number of hydroxylamine groups is 2. The molecule has 0 aliphatic rings. The molecule has 0 saturated carbocycles. The number of carbonyl (C=O) groups is 3. The normalized spacial score (nSPS) is 8.56. The van der Waals surface area contributed by atoms with E-state index >= 15 is 0 Å². The van der Waals surface area contributed by atoms with Gasteiger partial charge in [0, 0.05) is 19.1 Å². The summed E-state index contributed by atoms with van der Waals surface area (Å²) < 4.78 is 0. The van der Waals surface area contributed by atoms with Gasteiger partial charge in [0.2, 0.25) is 0 Å². The Kier molecular flexibility index (Phi) is 11.4. The number of hydrogen-bond acceptors (Lipinski definition) is 5. The molecule has 0 radical (unpaired) electrons. The summed E-state index contributed by atoms with van der Waals surface area (Å²) in [5.41, 5.74) is 0. The topological polar surface area (TPSA) is 63.7 Å². The molecule has 16 heavy (non-hydrogen) atoms. The van der Waals surface area contributed by atoms with E-state index in [4.69, 9.17) is 0 Å². The van der Waals surface area contributed by atoms with E-state index in [0.717, 1.165) is 6.92 Å². The predicted octanol–water partition coefficient (Wildman–Crippen LogP) is 1.58. The maximum absolute atomic E-state index is 11.1. The van der Waals surface area contributed by atoms with Crippen molar-refractivity contribution in [3.63, 3.8) is 0 Å². The van der Waals surface area contributed by atoms with Crippen LogP contribution in [0.2, 0.25) is 0 Å². The van der Waals surface area contributed by atoms with E-state index in [1.54, 1.807) is 6.92 Å². The summed E-state index contributed by atoms with van der Waals surface area (Å²) in [6.07, 6.45) is 0.164. The predicted molar refractivity (Wildman–Crippen MR) is 63.7 cm³/mol. The van der Waals surface area contributed by atoms with Crippen LogP contribution in [0.5, 0.6) is 0 Å². The van der Waals surface area contributed by atoms with Gasteiger partial charge in [0.25, 0.3) is 11.8 Å². The minimum absolute atomic E-state index is 0.0594. The second-order valence-corrected chi connectivity index (χ2v) is 2.94. The molecular weight excluding hydrogens is 230 g/mol. The highest BCUT2D eigenvalue weighted by Crippen LogP contribution is 1.99. The van der Waals surface area contributed by atoms with E-state index in [1.165, 1.54) is 0 Å². The first-order valence-electron chi connectivity index (χ1n) is 5.18.